The Hall–Kier alpha value is -2.87. The molecule has 2 heteroatoms. The van der Waals surface area contributed by atoms with E-state index < -0.39 is 0 Å². The van der Waals surface area contributed by atoms with Gasteiger partial charge < -0.3 is 5.32 Å². The van der Waals surface area contributed by atoms with Crippen LogP contribution in [0.15, 0.2) is 84.9 Å². The summed E-state index contributed by atoms with van der Waals surface area (Å²) in [5, 5.41) is 3.28. The van der Waals surface area contributed by atoms with Gasteiger partial charge in [-0.2, -0.15) is 0 Å². The third-order valence-electron chi connectivity index (χ3n) is 5.00. The smallest absolute Gasteiger partial charge is 0.252 e. The summed E-state index contributed by atoms with van der Waals surface area (Å²) in [7, 11) is 0. The number of nitrogens with one attached hydrogen (secondary N) is 1. The van der Waals surface area contributed by atoms with E-state index in [1.807, 2.05) is 42.5 Å². The quantitative estimate of drug-likeness (QED) is 0.518. The number of carbonyl (C=O) groups is 1. The first-order chi connectivity index (χ1) is 13.6. The highest BCUT2D eigenvalue weighted by molar-refractivity contribution is 5.96. The predicted molar refractivity (Wildman–Crippen MR) is 116 cm³/mol. The Balaban J connectivity index is 1.75. The molecule has 0 aliphatic heterocycles. The van der Waals surface area contributed by atoms with Crippen molar-refractivity contribution in [3.63, 3.8) is 0 Å². The van der Waals surface area contributed by atoms with Crippen molar-refractivity contribution in [1.29, 1.82) is 0 Å². The van der Waals surface area contributed by atoms with Gasteiger partial charge in [0.2, 0.25) is 0 Å². The molecule has 0 spiro atoms. The number of carbonyl (C=O) groups excluding carboxylic acids is 1. The SMILES string of the molecule is CC(C)C[C@H](NC(=O)c1ccccc1CCc1ccccc1)c1ccccc1. The van der Waals surface area contributed by atoms with Crippen LogP contribution in [0.2, 0.25) is 0 Å². The van der Waals surface area contributed by atoms with Crippen LogP contribution in [0.3, 0.4) is 0 Å². The molecular formula is C26H29NO. The molecule has 0 aliphatic rings. The second-order valence-corrected chi connectivity index (χ2v) is 7.71. The molecule has 3 rings (SSSR count). The van der Waals surface area contributed by atoms with Gasteiger partial charge >= 0.3 is 0 Å². The van der Waals surface area contributed by atoms with E-state index in [9.17, 15) is 4.79 Å². The third kappa shape index (κ3) is 5.56. The lowest BCUT2D eigenvalue weighted by Crippen LogP contribution is -2.30. The minimum Gasteiger partial charge on any atom is -0.345 e. The van der Waals surface area contributed by atoms with E-state index in [2.05, 4.69) is 61.6 Å². The zero-order chi connectivity index (χ0) is 19.8. The van der Waals surface area contributed by atoms with Gasteiger partial charge in [0.25, 0.3) is 5.91 Å². The van der Waals surface area contributed by atoms with Gasteiger partial charge in [0.15, 0.2) is 0 Å². The van der Waals surface area contributed by atoms with Gasteiger partial charge in [-0.05, 0) is 47.9 Å². The van der Waals surface area contributed by atoms with Crippen molar-refractivity contribution in [2.45, 2.75) is 39.2 Å². The molecule has 3 aromatic carbocycles. The zero-order valence-corrected chi connectivity index (χ0v) is 16.8. The fourth-order valence-corrected chi connectivity index (χ4v) is 3.55. The van der Waals surface area contributed by atoms with Crippen LogP contribution in [-0.4, -0.2) is 5.91 Å². The topological polar surface area (TPSA) is 29.1 Å². The molecule has 0 saturated heterocycles. The van der Waals surface area contributed by atoms with Gasteiger partial charge in [-0.1, -0.05) is 92.7 Å². The molecule has 0 unspecified atom stereocenters. The molecule has 0 saturated carbocycles. The molecule has 0 bridgehead atoms. The first kappa shape index (κ1) is 19.9. The van der Waals surface area contributed by atoms with Crippen LogP contribution < -0.4 is 5.32 Å². The minimum absolute atomic E-state index is 0.0122. The number of benzene rings is 3. The van der Waals surface area contributed by atoms with Crippen LogP contribution in [0.25, 0.3) is 0 Å². The number of aryl methyl sites for hydroxylation is 2. The molecule has 0 heterocycles. The Kier molecular flexibility index (Phi) is 7.02. The molecule has 144 valence electrons. The highest BCUT2D eigenvalue weighted by atomic mass is 16.1. The maximum absolute atomic E-state index is 13.1. The molecule has 28 heavy (non-hydrogen) atoms. The summed E-state index contributed by atoms with van der Waals surface area (Å²) in [5.41, 5.74) is 4.33. The summed E-state index contributed by atoms with van der Waals surface area (Å²) in [6.45, 7) is 4.38. The highest BCUT2D eigenvalue weighted by Crippen LogP contribution is 2.22. The Morgan fingerprint density at radius 2 is 1.39 bits per heavy atom. The molecule has 0 aromatic heterocycles. The number of hydrogen-bond donors (Lipinski definition) is 1. The van der Waals surface area contributed by atoms with Gasteiger partial charge in [-0.15, -0.1) is 0 Å². The average molecular weight is 372 g/mol. The minimum atomic E-state index is 0.0122. The van der Waals surface area contributed by atoms with E-state index in [4.69, 9.17) is 0 Å². The Morgan fingerprint density at radius 1 is 0.786 bits per heavy atom. The van der Waals surface area contributed by atoms with Gasteiger partial charge in [0, 0.05) is 5.56 Å². The van der Waals surface area contributed by atoms with Gasteiger partial charge in [0.1, 0.15) is 0 Å². The van der Waals surface area contributed by atoms with Crippen LogP contribution in [0.5, 0.6) is 0 Å². The second-order valence-electron chi connectivity index (χ2n) is 7.71. The van der Waals surface area contributed by atoms with Crippen LogP contribution in [-0.2, 0) is 12.8 Å². The number of rotatable bonds is 8. The molecule has 1 amide bonds. The van der Waals surface area contributed by atoms with E-state index in [0.29, 0.717) is 5.92 Å². The number of amides is 1. The van der Waals surface area contributed by atoms with Gasteiger partial charge in [-0.3, -0.25) is 4.79 Å². The molecular weight excluding hydrogens is 342 g/mol. The Bertz CT molecular complexity index is 871. The van der Waals surface area contributed by atoms with E-state index in [1.165, 1.54) is 5.56 Å². The van der Waals surface area contributed by atoms with Crippen LogP contribution in [0.1, 0.15) is 53.4 Å². The molecule has 1 N–H and O–H groups in total. The van der Waals surface area contributed by atoms with E-state index in [0.717, 1.165) is 36.0 Å². The normalized spacial score (nSPS) is 12.0. The second kappa shape index (κ2) is 9.89. The summed E-state index contributed by atoms with van der Waals surface area (Å²) in [5.74, 6) is 0.511. The molecule has 0 fully saturated rings. The van der Waals surface area contributed by atoms with Crippen molar-refractivity contribution >= 4 is 5.91 Å². The summed E-state index contributed by atoms with van der Waals surface area (Å²) < 4.78 is 0. The van der Waals surface area contributed by atoms with E-state index >= 15 is 0 Å². The van der Waals surface area contributed by atoms with Crippen LogP contribution in [0.4, 0.5) is 0 Å². The maximum Gasteiger partial charge on any atom is 0.252 e. The Morgan fingerprint density at radius 3 is 2.07 bits per heavy atom. The third-order valence-corrected chi connectivity index (χ3v) is 5.00. The largest absolute Gasteiger partial charge is 0.345 e. The van der Waals surface area contributed by atoms with Crippen molar-refractivity contribution in [3.05, 3.63) is 107 Å². The van der Waals surface area contributed by atoms with Crippen molar-refractivity contribution < 1.29 is 4.79 Å². The fraction of sp³-hybridized carbons (Fsp3) is 0.269. The molecule has 3 aromatic rings. The average Bonchev–Trinajstić information content (AvgIpc) is 2.73. The van der Waals surface area contributed by atoms with Crippen molar-refractivity contribution in [2.24, 2.45) is 5.92 Å². The van der Waals surface area contributed by atoms with Crippen LogP contribution in [0, 0.1) is 5.92 Å². The first-order valence-electron chi connectivity index (χ1n) is 10.1. The Labute approximate surface area is 168 Å². The summed E-state index contributed by atoms with van der Waals surface area (Å²) in [4.78, 5) is 13.1. The monoisotopic (exact) mass is 371 g/mol. The molecule has 2 nitrogen and oxygen atoms in total. The first-order valence-corrected chi connectivity index (χ1v) is 10.1. The predicted octanol–water partition coefficient (Wildman–Crippen LogP) is 5.99. The van der Waals surface area contributed by atoms with Gasteiger partial charge in [0.05, 0.1) is 6.04 Å². The lowest BCUT2D eigenvalue weighted by molar-refractivity contribution is 0.0931. The zero-order valence-electron chi connectivity index (χ0n) is 16.8. The molecule has 0 radical (unpaired) electrons. The van der Waals surface area contributed by atoms with Gasteiger partial charge in [-0.25, -0.2) is 0 Å². The van der Waals surface area contributed by atoms with Crippen LogP contribution >= 0.6 is 0 Å². The summed E-state index contributed by atoms with van der Waals surface area (Å²) in [6, 6.07) is 28.7. The maximum atomic E-state index is 13.1. The molecule has 0 aliphatic carbocycles. The lowest BCUT2D eigenvalue weighted by atomic mass is 9.95. The standard InChI is InChI=1S/C26H29NO/c1-20(2)19-25(23-14-7-4-8-15-23)27-26(28)24-16-10-9-13-22(24)18-17-21-11-5-3-6-12-21/h3-16,20,25H,17-19H2,1-2H3,(H,27,28)/t25-/m0/s1. The number of hydrogen-bond acceptors (Lipinski definition) is 1. The highest BCUT2D eigenvalue weighted by Gasteiger charge is 2.18. The summed E-state index contributed by atoms with van der Waals surface area (Å²) in [6.07, 6.45) is 2.70. The summed E-state index contributed by atoms with van der Waals surface area (Å²) >= 11 is 0. The fourth-order valence-electron chi connectivity index (χ4n) is 3.55. The van der Waals surface area contributed by atoms with Crippen molar-refractivity contribution in [2.75, 3.05) is 0 Å². The van der Waals surface area contributed by atoms with Crippen molar-refractivity contribution in [3.8, 4) is 0 Å². The lowest BCUT2D eigenvalue weighted by Gasteiger charge is -2.22. The molecule has 1 atom stereocenters. The van der Waals surface area contributed by atoms with Crippen molar-refractivity contribution in [1.82, 2.24) is 5.32 Å². The van der Waals surface area contributed by atoms with E-state index in [-0.39, 0.29) is 11.9 Å². The van der Waals surface area contributed by atoms with E-state index in [1.54, 1.807) is 0 Å².